The van der Waals surface area contributed by atoms with E-state index in [0.29, 0.717) is 11.4 Å². The molecule has 0 amide bonds. The first kappa shape index (κ1) is 15.5. The van der Waals surface area contributed by atoms with Gasteiger partial charge in [-0.15, -0.1) is 0 Å². The molecule has 0 aliphatic rings. The van der Waals surface area contributed by atoms with Gasteiger partial charge in [0.25, 0.3) is 0 Å². The number of carbonyl (C=O) groups is 2. The van der Waals surface area contributed by atoms with Crippen LogP contribution in [0, 0.1) is 12.8 Å². The number of hydrogen-bond acceptors (Lipinski definition) is 5. The second-order valence-electron chi connectivity index (χ2n) is 3.95. The topological polar surface area (TPSA) is 68.6 Å². The zero-order chi connectivity index (χ0) is 14.6. The summed E-state index contributed by atoms with van der Waals surface area (Å²) in [6, 6.07) is 3.29. The Morgan fingerprint density at radius 2 is 2.05 bits per heavy atom. The van der Waals surface area contributed by atoms with Gasteiger partial charge in [0, 0.05) is 17.2 Å². The summed E-state index contributed by atoms with van der Waals surface area (Å²) in [4.78, 5) is 32.1. The van der Waals surface area contributed by atoms with E-state index in [-0.39, 0.29) is 5.69 Å². The predicted molar refractivity (Wildman–Crippen MR) is 75.5 cm³/mol. The van der Waals surface area contributed by atoms with Crippen molar-refractivity contribution >= 4 is 33.4 Å². The average Bonchev–Trinajstić information content (AvgIpc) is 2.41. The molecule has 0 aliphatic carbocycles. The Morgan fingerprint density at radius 3 is 2.53 bits per heavy atom. The molecule has 1 rings (SSSR count). The maximum absolute atomic E-state index is 12.3. The summed E-state index contributed by atoms with van der Waals surface area (Å²) in [6.07, 6.45) is 0. The summed E-state index contributed by atoms with van der Waals surface area (Å²) in [7, 11) is 2.77. The van der Waals surface area contributed by atoms with Gasteiger partial charge in [-0.2, -0.15) is 0 Å². The Balaban J connectivity index is 3.19. The summed E-state index contributed by atoms with van der Waals surface area (Å²) < 4.78 is 5.46. The van der Waals surface area contributed by atoms with Crippen LogP contribution in [0.1, 0.15) is 23.1 Å². The van der Waals surface area contributed by atoms with Gasteiger partial charge >= 0.3 is 5.97 Å². The molecule has 0 N–H and O–H groups in total. The lowest BCUT2D eigenvalue weighted by Gasteiger charge is -2.13. The Hall–Kier alpha value is -1.56. The highest BCUT2D eigenvalue weighted by Gasteiger charge is 2.32. The molecule has 102 valence electrons. The minimum atomic E-state index is -1.04. The minimum absolute atomic E-state index is 0.221. The molecule has 1 unspecified atom stereocenters. The summed E-state index contributed by atoms with van der Waals surface area (Å²) in [5, 5.41) is 0. The van der Waals surface area contributed by atoms with Gasteiger partial charge < -0.3 is 4.74 Å². The number of hydrogen-bond donors (Lipinski definition) is 0. The van der Waals surface area contributed by atoms with Gasteiger partial charge in [0.05, 0.1) is 12.8 Å². The molecule has 1 aromatic heterocycles. The first-order valence-electron chi connectivity index (χ1n) is 5.60. The van der Waals surface area contributed by atoms with Crippen molar-refractivity contribution in [3.63, 3.8) is 0 Å². The Morgan fingerprint density at radius 1 is 1.42 bits per heavy atom. The number of carbonyl (C=O) groups excluding carboxylic acids is 2. The molecule has 0 saturated carbocycles. The second kappa shape index (κ2) is 6.56. The molecule has 0 bridgehead atoms. The monoisotopic (exact) mass is 326 g/mol. The summed E-state index contributed by atoms with van der Waals surface area (Å²) in [6.45, 7) is 3.39. The zero-order valence-electron chi connectivity index (χ0n) is 11.2. The fourth-order valence-corrected chi connectivity index (χ4v) is 1.76. The zero-order valence-corrected chi connectivity index (χ0v) is 12.8. The lowest BCUT2D eigenvalue weighted by molar-refractivity contribution is -0.141. The van der Waals surface area contributed by atoms with Crippen molar-refractivity contribution in [1.82, 2.24) is 4.98 Å². The number of halogens is 1. The fourth-order valence-electron chi connectivity index (χ4n) is 1.54. The van der Waals surface area contributed by atoms with Crippen molar-refractivity contribution in [1.29, 1.82) is 0 Å². The van der Waals surface area contributed by atoms with Gasteiger partial charge in [-0.1, -0.05) is 0 Å². The second-order valence-corrected chi connectivity index (χ2v) is 4.80. The van der Waals surface area contributed by atoms with Crippen molar-refractivity contribution in [3.8, 4) is 0 Å². The number of methoxy groups -OCH3 is 1. The highest BCUT2D eigenvalue weighted by Crippen LogP contribution is 2.17. The van der Waals surface area contributed by atoms with Crippen LogP contribution in [0.3, 0.4) is 0 Å². The molecule has 19 heavy (non-hydrogen) atoms. The van der Waals surface area contributed by atoms with Gasteiger partial charge in [0.15, 0.2) is 5.92 Å². The molecular weight excluding hydrogens is 312 g/mol. The van der Waals surface area contributed by atoms with Crippen molar-refractivity contribution in [3.05, 3.63) is 28.0 Å². The number of pyridine rings is 1. The van der Waals surface area contributed by atoms with Crippen molar-refractivity contribution in [2.24, 2.45) is 10.9 Å². The molecular formula is C13H15BrN2O3. The van der Waals surface area contributed by atoms with E-state index < -0.39 is 17.7 Å². The smallest absolute Gasteiger partial charge is 0.322 e. The third-order valence-electron chi connectivity index (χ3n) is 2.74. The normalized spacial score (nSPS) is 13.0. The van der Waals surface area contributed by atoms with Crippen LogP contribution in [0.15, 0.2) is 21.6 Å². The average molecular weight is 327 g/mol. The lowest BCUT2D eigenvalue weighted by Crippen LogP contribution is -2.32. The van der Waals surface area contributed by atoms with Crippen LogP contribution in [0.25, 0.3) is 0 Å². The third kappa shape index (κ3) is 3.47. The standard InChI is InChI=1S/C13H15BrN2O3/c1-7-9(14)5-6-10(16-7)12(17)11(8(2)15-3)13(18)19-4/h5-6,11H,1-4H3/b15-8-. The van der Waals surface area contributed by atoms with Gasteiger partial charge in [0.2, 0.25) is 5.78 Å². The van der Waals surface area contributed by atoms with Crippen molar-refractivity contribution < 1.29 is 14.3 Å². The molecule has 1 heterocycles. The Bertz CT molecular complexity index is 541. The van der Waals surface area contributed by atoms with Crippen LogP contribution in [0.5, 0.6) is 0 Å². The maximum atomic E-state index is 12.3. The largest absolute Gasteiger partial charge is 0.468 e. The van der Waals surface area contributed by atoms with E-state index in [2.05, 4.69) is 30.6 Å². The van der Waals surface area contributed by atoms with Gasteiger partial charge in [-0.3, -0.25) is 14.6 Å². The van der Waals surface area contributed by atoms with Crippen molar-refractivity contribution in [2.45, 2.75) is 13.8 Å². The Kier molecular flexibility index (Phi) is 5.35. The number of ketones is 1. The molecule has 0 fully saturated rings. The van der Waals surface area contributed by atoms with Gasteiger partial charge in [-0.05, 0) is 41.9 Å². The number of rotatable bonds is 4. The molecule has 0 aromatic carbocycles. The van der Waals surface area contributed by atoms with Crippen LogP contribution in [0.4, 0.5) is 0 Å². The molecule has 6 heteroatoms. The number of aromatic nitrogens is 1. The predicted octanol–water partition coefficient (Wildman–Crippen LogP) is 2.22. The molecule has 1 aromatic rings. The van der Waals surface area contributed by atoms with E-state index in [4.69, 9.17) is 0 Å². The quantitative estimate of drug-likeness (QED) is 0.368. The summed E-state index contributed by atoms with van der Waals surface area (Å²) in [5.41, 5.74) is 1.30. The first-order valence-corrected chi connectivity index (χ1v) is 6.40. The molecule has 0 spiro atoms. The Labute approximate surface area is 120 Å². The molecule has 1 atom stereocenters. The molecule has 5 nitrogen and oxygen atoms in total. The SMILES string of the molecule is C/N=C(/C)C(C(=O)OC)C(=O)c1ccc(Br)c(C)n1. The van der Waals surface area contributed by atoms with Crippen LogP contribution in [-0.2, 0) is 9.53 Å². The fraction of sp³-hybridized carbons (Fsp3) is 0.385. The highest BCUT2D eigenvalue weighted by molar-refractivity contribution is 9.10. The van der Waals surface area contributed by atoms with E-state index in [0.717, 1.165) is 4.47 Å². The van der Waals surface area contributed by atoms with Crippen molar-refractivity contribution in [2.75, 3.05) is 14.2 Å². The number of ether oxygens (including phenoxy) is 1. The van der Waals surface area contributed by atoms with E-state index in [1.807, 2.05) is 0 Å². The van der Waals surface area contributed by atoms with Crippen LogP contribution in [-0.4, -0.2) is 36.6 Å². The number of esters is 1. The van der Waals surface area contributed by atoms with Crippen LogP contribution >= 0.6 is 15.9 Å². The third-order valence-corrected chi connectivity index (χ3v) is 3.58. The first-order chi connectivity index (χ1) is 8.92. The van der Waals surface area contributed by atoms with Gasteiger partial charge in [0.1, 0.15) is 5.69 Å². The van der Waals surface area contributed by atoms with E-state index >= 15 is 0 Å². The minimum Gasteiger partial charge on any atom is -0.468 e. The lowest BCUT2D eigenvalue weighted by atomic mass is 9.96. The maximum Gasteiger partial charge on any atom is 0.322 e. The van der Waals surface area contributed by atoms with Crippen LogP contribution in [0.2, 0.25) is 0 Å². The number of aryl methyl sites for hydroxylation is 1. The molecule has 0 aliphatic heterocycles. The number of nitrogens with zero attached hydrogens (tertiary/aromatic N) is 2. The number of aliphatic imine (C=N–C) groups is 1. The van der Waals surface area contributed by atoms with Crippen LogP contribution < -0.4 is 0 Å². The molecule has 0 saturated heterocycles. The van der Waals surface area contributed by atoms with E-state index in [1.165, 1.54) is 14.2 Å². The van der Waals surface area contributed by atoms with E-state index in [1.54, 1.807) is 26.0 Å². The molecule has 0 radical (unpaired) electrons. The number of Topliss-reactive ketones (excluding diaryl/α,β-unsaturated/α-hetero) is 1. The summed E-state index contributed by atoms with van der Waals surface area (Å²) >= 11 is 3.31. The van der Waals surface area contributed by atoms with E-state index in [9.17, 15) is 9.59 Å². The van der Waals surface area contributed by atoms with Gasteiger partial charge in [-0.25, -0.2) is 4.98 Å². The summed E-state index contributed by atoms with van der Waals surface area (Å²) in [5.74, 6) is -2.08. The highest BCUT2D eigenvalue weighted by atomic mass is 79.9.